The molecule has 12 heavy (non-hydrogen) atoms. The number of nitrogens with zero attached hydrogens (tertiary/aromatic N) is 1. The maximum absolute atomic E-state index is 11.1. The van der Waals surface area contributed by atoms with Crippen LogP contribution in [-0.2, 0) is 14.3 Å². The summed E-state index contributed by atoms with van der Waals surface area (Å²) in [4.78, 5) is 22.3. The Kier molecular flexibility index (Phi) is 3.22. The number of hydrogen-bond donors (Lipinski definition) is 0. The van der Waals surface area contributed by atoms with Crippen molar-refractivity contribution in [1.82, 2.24) is 5.32 Å². The van der Waals surface area contributed by atoms with Gasteiger partial charge in [-0.05, 0) is 6.92 Å². The minimum atomic E-state index is -0.626. The second-order valence-electron chi connectivity index (χ2n) is 2.65. The molecule has 4 heteroatoms. The Bertz CT molecular complexity index is 191. The molecule has 1 rings (SSSR count). The molecule has 0 saturated carbocycles. The van der Waals surface area contributed by atoms with E-state index >= 15 is 0 Å². The summed E-state index contributed by atoms with van der Waals surface area (Å²) in [5.41, 5.74) is 0. The van der Waals surface area contributed by atoms with E-state index in [0.717, 1.165) is 0 Å². The lowest BCUT2D eigenvalue weighted by Gasteiger charge is -2.18. The number of esters is 1. The minimum Gasteiger partial charge on any atom is -0.465 e. The van der Waals surface area contributed by atoms with E-state index in [1.807, 2.05) is 0 Å². The molecule has 0 amide bonds. The van der Waals surface area contributed by atoms with Gasteiger partial charge in [0.15, 0.2) is 0 Å². The van der Waals surface area contributed by atoms with Crippen molar-refractivity contribution in [2.75, 3.05) is 19.7 Å². The quantitative estimate of drug-likeness (QED) is 0.424. The zero-order valence-corrected chi connectivity index (χ0v) is 7.08. The minimum absolute atomic E-state index is 0.0385. The van der Waals surface area contributed by atoms with Crippen molar-refractivity contribution in [3.8, 4) is 0 Å². The Hall–Kier alpha value is -0.900. The summed E-state index contributed by atoms with van der Waals surface area (Å²) in [5, 5.41) is 3.99. The van der Waals surface area contributed by atoms with Gasteiger partial charge in [0.1, 0.15) is 11.7 Å². The molecular formula is C8H12NO3. The van der Waals surface area contributed by atoms with Gasteiger partial charge in [0.25, 0.3) is 0 Å². The predicted molar refractivity (Wildman–Crippen MR) is 41.6 cm³/mol. The molecule has 67 valence electrons. The molecule has 1 aliphatic heterocycles. The molecule has 1 atom stereocenters. The molecule has 1 unspecified atom stereocenters. The van der Waals surface area contributed by atoms with Crippen LogP contribution in [0.25, 0.3) is 0 Å². The largest absolute Gasteiger partial charge is 0.465 e. The highest BCUT2D eigenvalue weighted by molar-refractivity contribution is 5.99. The number of hydrogen-bond acceptors (Lipinski definition) is 3. The normalized spacial score (nSPS) is 23.8. The van der Waals surface area contributed by atoms with E-state index in [2.05, 4.69) is 5.32 Å². The van der Waals surface area contributed by atoms with Crippen molar-refractivity contribution >= 4 is 11.8 Å². The second kappa shape index (κ2) is 4.21. The van der Waals surface area contributed by atoms with Gasteiger partial charge in [-0.3, -0.25) is 9.59 Å². The molecular weight excluding hydrogens is 158 g/mol. The lowest BCUT2D eigenvalue weighted by molar-refractivity contribution is -0.152. The van der Waals surface area contributed by atoms with Crippen molar-refractivity contribution in [2.24, 2.45) is 5.92 Å². The molecule has 4 nitrogen and oxygen atoms in total. The van der Waals surface area contributed by atoms with Crippen molar-refractivity contribution in [2.45, 2.75) is 13.3 Å². The van der Waals surface area contributed by atoms with E-state index < -0.39 is 11.9 Å². The summed E-state index contributed by atoms with van der Waals surface area (Å²) in [6.07, 6.45) is 0.378. The highest BCUT2D eigenvalue weighted by Gasteiger charge is 2.30. The highest BCUT2D eigenvalue weighted by Crippen LogP contribution is 2.08. The van der Waals surface area contributed by atoms with Crippen molar-refractivity contribution < 1.29 is 14.3 Å². The zero-order valence-electron chi connectivity index (χ0n) is 7.08. The Balaban J connectivity index is 2.48. The van der Waals surface area contributed by atoms with Gasteiger partial charge in [0.05, 0.1) is 6.61 Å². The smallest absolute Gasteiger partial charge is 0.317 e. The van der Waals surface area contributed by atoms with Crippen LogP contribution in [0.5, 0.6) is 0 Å². The van der Waals surface area contributed by atoms with Crippen LogP contribution in [-0.4, -0.2) is 31.4 Å². The molecule has 0 spiro atoms. The van der Waals surface area contributed by atoms with Gasteiger partial charge in [-0.15, -0.1) is 0 Å². The molecule has 1 saturated heterocycles. The van der Waals surface area contributed by atoms with Crippen LogP contribution in [0.15, 0.2) is 0 Å². The average Bonchev–Trinajstić information content (AvgIpc) is 2.05. The van der Waals surface area contributed by atoms with Crippen LogP contribution in [0.1, 0.15) is 13.3 Å². The van der Waals surface area contributed by atoms with Crippen LogP contribution in [0.2, 0.25) is 0 Å². The van der Waals surface area contributed by atoms with Crippen LogP contribution in [0.3, 0.4) is 0 Å². The average molecular weight is 170 g/mol. The van der Waals surface area contributed by atoms with Gasteiger partial charge in [-0.25, -0.2) is 5.32 Å². The first-order chi connectivity index (χ1) is 5.75. The molecule has 0 aromatic carbocycles. The topological polar surface area (TPSA) is 57.5 Å². The maximum atomic E-state index is 11.1. The Labute approximate surface area is 71.3 Å². The molecule has 0 aromatic rings. The van der Waals surface area contributed by atoms with Crippen LogP contribution >= 0.6 is 0 Å². The van der Waals surface area contributed by atoms with Gasteiger partial charge in [-0.2, -0.15) is 0 Å². The summed E-state index contributed by atoms with van der Waals surface area (Å²) in [7, 11) is 0. The molecule has 0 aromatic heterocycles. The molecule has 1 radical (unpaired) electrons. The third kappa shape index (κ3) is 2.04. The second-order valence-corrected chi connectivity index (χ2v) is 2.65. The van der Waals surface area contributed by atoms with E-state index in [4.69, 9.17) is 4.74 Å². The van der Waals surface area contributed by atoms with Gasteiger partial charge in [0.2, 0.25) is 0 Å². The first-order valence-electron chi connectivity index (χ1n) is 4.08. The molecule has 1 aliphatic rings. The number of carbonyl (C=O) groups is 2. The van der Waals surface area contributed by atoms with E-state index in [-0.39, 0.29) is 5.78 Å². The summed E-state index contributed by atoms with van der Waals surface area (Å²) in [5.74, 6) is -1.09. The fraction of sp³-hybridized carbons (Fsp3) is 0.750. The van der Waals surface area contributed by atoms with E-state index in [1.54, 1.807) is 6.92 Å². The number of piperidine rings is 1. The zero-order chi connectivity index (χ0) is 8.97. The molecule has 0 aliphatic carbocycles. The number of Topliss-reactive ketones (excluding diaryl/α,β-unsaturated/α-hetero) is 1. The summed E-state index contributed by atoms with van der Waals surface area (Å²) in [6.45, 7) is 2.90. The predicted octanol–water partition coefficient (Wildman–Crippen LogP) is -0.257. The monoisotopic (exact) mass is 170 g/mol. The third-order valence-corrected chi connectivity index (χ3v) is 1.79. The molecule has 1 heterocycles. The number of ether oxygens (including phenoxy) is 1. The van der Waals surface area contributed by atoms with E-state index in [9.17, 15) is 9.59 Å². The fourth-order valence-corrected chi connectivity index (χ4v) is 1.13. The summed E-state index contributed by atoms with van der Waals surface area (Å²) in [6, 6.07) is 0. The highest BCUT2D eigenvalue weighted by atomic mass is 16.5. The van der Waals surface area contributed by atoms with Crippen molar-refractivity contribution in [1.29, 1.82) is 0 Å². The number of rotatable bonds is 2. The molecule has 1 fully saturated rings. The van der Waals surface area contributed by atoms with E-state index in [0.29, 0.717) is 26.1 Å². The summed E-state index contributed by atoms with van der Waals surface area (Å²) >= 11 is 0. The van der Waals surface area contributed by atoms with Crippen LogP contribution in [0.4, 0.5) is 0 Å². The van der Waals surface area contributed by atoms with Crippen LogP contribution < -0.4 is 5.32 Å². The third-order valence-electron chi connectivity index (χ3n) is 1.79. The summed E-state index contributed by atoms with van der Waals surface area (Å²) < 4.78 is 4.73. The first kappa shape index (κ1) is 9.19. The maximum Gasteiger partial charge on any atom is 0.317 e. The van der Waals surface area contributed by atoms with Gasteiger partial charge < -0.3 is 4.74 Å². The Morgan fingerprint density at radius 3 is 3.08 bits per heavy atom. The lowest BCUT2D eigenvalue weighted by Crippen LogP contribution is -2.38. The number of ketones is 1. The number of carbonyl (C=O) groups excluding carboxylic acids is 2. The van der Waals surface area contributed by atoms with Gasteiger partial charge in [0, 0.05) is 19.5 Å². The lowest BCUT2D eigenvalue weighted by atomic mass is 9.98. The SMILES string of the molecule is CCOC(=O)C1C[N]CCC1=O. The Morgan fingerprint density at radius 2 is 2.50 bits per heavy atom. The Morgan fingerprint density at radius 1 is 1.75 bits per heavy atom. The van der Waals surface area contributed by atoms with Crippen molar-refractivity contribution in [3.63, 3.8) is 0 Å². The van der Waals surface area contributed by atoms with Gasteiger partial charge >= 0.3 is 5.97 Å². The fourth-order valence-electron chi connectivity index (χ4n) is 1.13. The van der Waals surface area contributed by atoms with Crippen LogP contribution in [0, 0.1) is 5.92 Å². The molecule has 0 bridgehead atoms. The standard InChI is InChI=1S/C8H12NO3/c1-2-12-8(11)6-5-9-4-3-7(6)10/h6H,2-5H2,1H3. The first-order valence-corrected chi connectivity index (χ1v) is 4.08. The van der Waals surface area contributed by atoms with Gasteiger partial charge in [-0.1, -0.05) is 0 Å². The van der Waals surface area contributed by atoms with Crippen molar-refractivity contribution in [3.05, 3.63) is 0 Å². The molecule has 0 N–H and O–H groups in total. The van der Waals surface area contributed by atoms with E-state index in [1.165, 1.54) is 0 Å².